The molecular formula is C13H14F3NO. The number of hydrogen-bond acceptors (Lipinski definition) is 1. The third-order valence-electron chi connectivity index (χ3n) is 3.49. The monoisotopic (exact) mass is 257 g/mol. The van der Waals surface area contributed by atoms with Crippen molar-refractivity contribution in [3.05, 3.63) is 35.4 Å². The van der Waals surface area contributed by atoms with Crippen LogP contribution in [-0.4, -0.2) is 12.5 Å². The van der Waals surface area contributed by atoms with Crippen molar-refractivity contribution in [2.45, 2.75) is 31.4 Å². The highest BCUT2D eigenvalue weighted by Crippen LogP contribution is 2.34. The fraction of sp³-hybridized carbons (Fsp3) is 0.462. The molecule has 1 aliphatic rings. The van der Waals surface area contributed by atoms with Crippen molar-refractivity contribution in [2.75, 3.05) is 6.54 Å². The highest BCUT2D eigenvalue weighted by molar-refractivity contribution is 5.77. The van der Waals surface area contributed by atoms with Crippen LogP contribution in [0, 0.1) is 0 Å². The summed E-state index contributed by atoms with van der Waals surface area (Å²) in [5.74, 6) is -0.000568. The number of rotatable bonds is 1. The van der Waals surface area contributed by atoms with Gasteiger partial charge in [0.25, 0.3) is 0 Å². The van der Waals surface area contributed by atoms with E-state index in [-0.39, 0.29) is 11.3 Å². The van der Waals surface area contributed by atoms with Gasteiger partial charge in [-0.1, -0.05) is 19.1 Å². The molecule has 0 bridgehead atoms. The lowest BCUT2D eigenvalue weighted by Crippen LogP contribution is -2.44. The van der Waals surface area contributed by atoms with Gasteiger partial charge in [0.1, 0.15) is 0 Å². The molecule has 18 heavy (non-hydrogen) atoms. The summed E-state index contributed by atoms with van der Waals surface area (Å²) >= 11 is 0. The summed E-state index contributed by atoms with van der Waals surface area (Å²) in [7, 11) is 0. The molecule has 1 amide bonds. The molecule has 0 aromatic heterocycles. The minimum atomic E-state index is -4.31. The topological polar surface area (TPSA) is 29.1 Å². The Morgan fingerprint density at radius 2 is 1.83 bits per heavy atom. The largest absolute Gasteiger partial charge is 0.416 e. The van der Waals surface area contributed by atoms with E-state index < -0.39 is 11.7 Å². The Hall–Kier alpha value is -1.52. The molecule has 2 rings (SSSR count). The summed E-state index contributed by atoms with van der Waals surface area (Å²) < 4.78 is 37.4. The van der Waals surface area contributed by atoms with Crippen LogP contribution < -0.4 is 5.32 Å². The normalized spacial score (nSPS) is 24.8. The molecule has 0 saturated carbocycles. The lowest BCUT2D eigenvalue weighted by Gasteiger charge is -2.34. The molecule has 1 aromatic carbocycles. The first-order valence-corrected chi connectivity index (χ1v) is 5.76. The summed E-state index contributed by atoms with van der Waals surface area (Å²) in [6.45, 7) is 2.42. The summed E-state index contributed by atoms with van der Waals surface area (Å²) in [5, 5.41) is 2.75. The zero-order valence-electron chi connectivity index (χ0n) is 9.97. The first kappa shape index (κ1) is 12.9. The second-order valence-corrected chi connectivity index (χ2v) is 4.91. The van der Waals surface area contributed by atoms with Crippen molar-refractivity contribution in [3.8, 4) is 0 Å². The molecule has 98 valence electrons. The van der Waals surface area contributed by atoms with E-state index in [9.17, 15) is 18.0 Å². The third-order valence-corrected chi connectivity index (χ3v) is 3.49. The van der Waals surface area contributed by atoms with Gasteiger partial charge in [0.15, 0.2) is 0 Å². The van der Waals surface area contributed by atoms with E-state index in [0.29, 0.717) is 19.4 Å². The van der Waals surface area contributed by atoms with Crippen molar-refractivity contribution in [1.29, 1.82) is 0 Å². The van der Waals surface area contributed by atoms with E-state index in [0.717, 1.165) is 17.7 Å². The van der Waals surface area contributed by atoms with Crippen LogP contribution in [0.15, 0.2) is 24.3 Å². The number of nitrogens with one attached hydrogen (secondary N) is 1. The van der Waals surface area contributed by atoms with Crippen LogP contribution in [0.5, 0.6) is 0 Å². The molecule has 2 nitrogen and oxygen atoms in total. The van der Waals surface area contributed by atoms with Gasteiger partial charge in [0.05, 0.1) is 5.56 Å². The number of amides is 1. The number of piperidine rings is 1. The van der Waals surface area contributed by atoms with Gasteiger partial charge < -0.3 is 5.32 Å². The molecule has 1 unspecified atom stereocenters. The molecule has 0 radical (unpaired) electrons. The van der Waals surface area contributed by atoms with Gasteiger partial charge in [-0.25, -0.2) is 0 Å². The predicted octanol–water partition coefficient (Wildman–Crippen LogP) is 2.87. The summed E-state index contributed by atoms with van der Waals surface area (Å²) in [6, 6.07) is 5.19. The van der Waals surface area contributed by atoms with Crippen LogP contribution in [0.1, 0.15) is 30.9 Å². The Kier molecular flexibility index (Phi) is 3.09. The van der Waals surface area contributed by atoms with E-state index in [1.54, 1.807) is 0 Å². The van der Waals surface area contributed by atoms with Crippen LogP contribution in [0.3, 0.4) is 0 Å². The Balaban J connectivity index is 2.22. The number of carbonyl (C=O) groups excluding carboxylic acids is 1. The highest BCUT2D eigenvalue weighted by Gasteiger charge is 2.34. The van der Waals surface area contributed by atoms with Gasteiger partial charge in [-0.05, 0) is 24.1 Å². The van der Waals surface area contributed by atoms with Crippen LogP contribution in [0.25, 0.3) is 0 Å². The zero-order valence-corrected chi connectivity index (χ0v) is 9.97. The standard InChI is InChI=1S/C13H14F3NO/c1-12(7-6-11(18)17-8-12)9-2-4-10(5-3-9)13(14,15)16/h2-5H,6-8H2,1H3,(H,17,18). The Labute approximate surface area is 103 Å². The van der Waals surface area contributed by atoms with Crippen molar-refractivity contribution < 1.29 is 18.0 Å². The van der Waals surface area contributed by atoms with Crippen LogP contribution in [-0.2, 0) is 16.4 Å². The maximum absolute atomic E-state index is 12.5. The lowest BCUT2D eigenvalue weighted by atomic mass is 9.76. The average Bonchev–Trinajstić information content (AvgIpc) is 2.32. The van der Waals surface area contributed by atoms with E-state index in [4.69, 9.17) is 0 Å². The molecule has 1 saturated heterocycles. The van der Waals surface area contributed by atoms with Crippen LogP contribution >= 0.6 is 0 Å². The smallest absolute Gasteiger partial charge is 0.355 e. The Morgan fingerprint density at radius 1 is 1.22 bits per heavy atom. The number of carbonyl (C=O) groups is 1. The number of benzene rings is 1. The lowest BCUT2D eigenvalue weighted by molar-refractivity contribution is -0.137. The van der Waals surface area contributed by atoms with E-state index in [1.165, 1.54) is 12.1 Å². The van der Waals surface area contributed by atoms with E-state index in [1.807, 2.05) is 6.92 Å². The molecule has 1 aliphatic heterocycles. The summed E-state index contributed by atoms with van der Waals surface area (Å²) in [4.78, 5) is 11.1. The maximum atomic E-state index is 12.5. The van der Waals surface area contributed by atoms with E-state index >= 15 is 0 Å². The quantitative estimate of drug-likeness (QED) is 0.823. The van der Waals surface area contributed by atoms with Crippen LogP contribution in [0.2, 0.25) is 0 Å². The zero-order chi connectivity index (χ0) is 13.4. The van der Waals surface area contributed by atoms with Gasteiger partial charge in [0, 0.05) is 18.4 Å². The number of alkyl halides is 3. The molecular weight excluding hydrogens is 243 g/mol. The van der Waals surface area contributed by atoms with Gasteiger partial charge >= 0.3 is 6.18 Å². The highest BCUT2D eigenvalue weighted by atomic mass is 19.4. The average molecular weight is 257 g/mol. The molecule has 0 aliphatic carbocycles. The molecule has 0 spiro atoms. The first-order valence-electron chi connectivity index (χ1n) is 5.76. The number of halogens is 3. The summed E-state index contributed by atoms with van der Waals surface area (Å²) in [5.41, 5.74) is -0.0944. The molecule has 1 atom stereocenters. The fourth-order valence-electron chi connectivity index (χ4n) is 2.17. The van der Waals surface area contributed by atoms with Gasteiger partial charge in [0.2, 0.25) is 5.91 Å². The second-order valence-electron chi connectivity index (χ2n) is 4.91. The Bertz CT molecular complexity index is 440. The molecule has 1 aromatic rings. The van der Waals surface area contributed by atoms with Gasteiger partial charge in [-0.15, -0.1) is 0 Å². The molecule has 1 fully saturated rings. The van der Waals surface area contributed by atoms with Crippen molar-refractivity contribution in [2.24, 2.45) is 0 Å². The van der Waals surface area contributed by atoms with Crippen molar-refractivity contribution >= 4 is 5.91 Å². The van der Waals surface area contributed by atoms with Crippen molar-refractivity contribution in [3.63, 3.8) is 0 Å². The minimum absolute atomic E-state index is 0.000568. The summed E-state index contributed by atoms with van der Waals surface area (Å²) in [6.07, 6.45) is -3.23. The van der Waals surface area contributed by atoms with Crippen LogP contribution in [0.4, 0.5) is 13.2 Å². The molecule has 5 heteroatoms. The van der Waals surface area contributed by atoms with E-state index in [2.05, 4.69) is 5.32 Å². The fourth-order valence-corrected chi connectivity index (χ4v) is 2.17. The SMILES string of the molecule is CC1(c2ccc(C(F)(F)F)cc2)CCC(=O)NC1. The predicted molar refractivity (Wildman–Crippen MR) is 61.0 cm³/mol. The third kappa shape index (κ3) is 2.49. The molecule has 1 heterocycles. The van der Waals surface area contributed by atoms with Crippen molar-refractivity contribution in [1.82, 2.24) is 5.32 Å². The van der Waals surface area contributed by atoms with Gasteiger partial charge in [-0.2, -0.15) is 13.2 Å². The number of hydrogen-bond donors (Lipinski definition) is 1. The minimum Gasteiger partial charge on any atom is -0.355 e. The second kappa shape index (κ2) is 4.30. The Morgan fingerprint density at radius 3 is 2.28 bits per heavy atom. The first-order chi connectivity index (χ1) is 8.31. The molecule has 1 N–H and O–H groups in total. The van der Waals surface area contributed by atoms with Gasteiger partial charge in [-0.3, -0.25) is 4.79 Å². The maximum Gasteiger partial charge on any atom is 0.416 e.